The standard InChI is InChI=1S/C24H27N3O5S/c1-3-26(4-2)20-9-5-18(6-10-20)17-22-24(28)32-23(25-22)19-7-11-21(12-8-19)33(29,30)27-13-15-31-16-14-27/h5-12,17H,3-4,13-16H2,1-2H3. The molecule has 2 aliphatic rings. The molecule has 0 aromatic heterocycles. The molecule has 0 amide bonds. The molecule has 0 bridgehead atoms. The maximum Gasteiger partial charge on any atom is 0.363 e. The molecule has 4 rings (SSSR count). The van der Waals surface area contributed by atoms with E-state index in [4.69, 9.17) is 9.47 Å². The van der Waals surface area contributed by atoms with Crippen LogP contribution in [-0.2, 0) is 24.3 Å². The third-order valence-corrected chi connectivity index (χ3v) is 7.57. The molecular weight excluding hydrogens is 442 g/mol. The van der Waals surface area contributed by atoms with Gasteiger partial charge < -0.3 is 14.4 Å². The first-order chi connectivity index (χ1) is 15.9. The molecule has 0 atom stereocenters. The summed E-state index contributed by atoms with van der Waals surface area (Å²) in [5, 5.41) is 0. The fraction of sp³-hybridized carbons (Fsp3) is 0.333. The van der Waals surface area contributed by atoms with Gasteiger partial charge >= 0.3 is 5.97 Å². The van der Waals surface area contributed by atoms with Gasteiger partial charge in [0, 0.05) is 37.4 Å². The van der Waals surface area contributed by atoms with Crippen molar-refractivity contribution in [2.75, 3.05) is 44.3 Å². The van der Waals surface area contributed by atoms with Crippen LogP contribution in [-0.4, -0.2) is 64.0 Å². The molecule has 0 saturated carbocycles. The molecule has 2 aromatic rings. The van der Waals surface area contributed by atoms with Crippen molar-refractivity contribution >= 4 is 33.7 Å². The van der Waals surface area contributed by atoms with Crippen molar-refractivity contribution in [3.8, 4) is 0 Å². The first kappa shape index (κ1) is 23.2. The SMILES string of the molecule is CCN(CC)c1ccc(C=C2N=C(c3ccc(S(=O)(=O)N4CCOCC4)cc3)OC2=O)cc1. The number of rotatable bonds is 7. The molecule has 0 unspecified atom stereocenters. The van der Waals surface area contributed by atoms with Crippen molar-refractivity contribution in [1.29, 1.82) is 0 Å². The summed E-state index contributed by atoms with van der Waals surface area (Å²) < 4.78 is 37.5. The Labute approximate surface area is 194 Å². The van der Waals surface area contributed by atoms with Crippen molar-refractivity contribution in [3.63, 3.8) is 0 Å². The van der Waals surface area contributed by atoms with Crippen LogP contribution in [0.2, 0.25) is 0 Å². The largest absolute Gasteiger partial charge is 0.402 e. The summed E-state index contributed by atoms with van der Waals surface area (Å²) in [7, 11) is -3.59. The van der Waals surface area contributed by atoms with Gasteiger partial charge in [-0.2, -0.15) is 4.31 Å². The van der Waals surface area contributed by atoms with Crippen molar-refractivity contribution in [2.24, 2.45) is 4.99 Å². The van der Waals surface area contributed by atoms with Gasteiger partial charge in [0.25, 0.3) is 0 Å². The Morgan fingerprint density at radius 3 is 2.24 bits per heavy atom. The van der Waals surface area contributed by atoms with E-state index in [-0.39, 0.29) is 16.5 Å². The Kier molecular flexibility index (Phi) is 6.92. The zero-order valence-corrected chi connectivity index (χ0v) is 19.5. The van der Waals surface area contributed by atoms with Crippen LogP contribution in [0.1, 0.15) is 25.0 Å². The molecule has 0 aliphatic carbocycles. The summed E-state index contributed by atoms with van der Waals surface area (Å²) in [5.41, 5.74) is 2.69. The molecule has 9 heteroatoms. The van der Waals surface area contributed by atoms with Crippen LogP contribution in [0, 0.1) is 0 Å². The number of sulfonamides is 1. The number of nitrogens with zero attached hydrogens (tertiary/aromatic N) is 3. The Morgan fingerprint density at radius 2 is 1.64 bits per heavy atom. The van der Waals surface area contributed by atoms with Gasteiger partial charge in [0.15, 0.2) is 5.70 Å². The molecular formula is C24H27N3O5S. The van der Waals surface area contributed by atoms with Gasteiger partial charge in [0.2, 0.25) is 15.9 Å². The third-order valence-electron chi connectivity index (χ3n) is 5.65. The summed E-state index contributed by atoms with van der Waals surface area (Å²) in [6, 6.07) is 14.1. The molecule has 2 aromatic carbocycles. The van der Waals surface area contributed by atoms with Crippen LogP contribution in [0.3, 0.4) is 0 Å². The van der Waals surface area contributed by atoms with Gasteiger partial charge in [-0.05, 0) is 61.9 Å². The molecule has 174 valence electrons. The molecule has 0 N–H and O–H groups in total. The third kappa shape index (κ3) is 5.00. The molecule has 0 radical (unpaired) electrons. The molecule has 1 fully saturated rings. The second-order valence-corrected chi connectivity index (χ2v) is 9.58. The highest BCUT2D eigenvalue weighted by molar-refractivity contribution is 7.89. The van der Waals surface area contributed by atoms with E-state index in [1.54, 1.807) is 18.2 Å². The fourth-order valence-electron chi connectivity index (χ4n) is 3.77. The zero-order chi connectivity index (χ0) is 23.4. The van der Waals surface area contributed by atoms with Gasteiger partial charge in [0.05, 0.1) is 18.1 Å². The van der Waals surface area contributed by atoms with E-state index in [0.717, 1.165) is 24.3 Å². The van der Waals surface area contributed by atoms with Gasteiger partial charge in [-0.25, -0.2) is 18.2 Å². The van der Waals surface area contributed by atoms with Crippen LogP contribution >= 0.6 is 0 Å². The summed E-state index contributed by atoms with van der Waals surface area (Å²) in [6.45, 7) is 7.49. The summed E-state index contributed by atoms with van der Waals surface area (Å²) in [4.78, 5) is 19.1. The number of morpholine rings is 1. The number of hydrogen-bond acceptors (Lipinski definition) is 7. The Morgan fingerprint density at radius 1 is 1.00 bits per heavy atom. The predicted octanol–water partition coefficient (Wildman–Crippen LogP) is 2.90. The highest BCUT2D eigenvalue weighted by atomic mass is 32.2. The number of hydrogen-bond donors (Lipinski definition) is 0. The Balaban J connectivity index is 1.51. The fourth-order valence-corrected chi connectivity index (χ4v) is 5.17. The molecule has 2 aliphatic heterocycles. The number of ether oxygens (including phenoxy) is 2. The topological polar surface area (TPSA) is 88.5 Å². The molecule has 1 saturated heterocycles. The number of cyclic esters (lactones) is 1. The van der Waals surface area contributed by atoms with E-state index >= 15 is 0 Å². The summed E-state index contributed by atoms with van der Waals surface area (Å²) in [5.74, 6) is -0.385. The van der Waals surface area contributed by atoms with Gasteiger partial charge in [0.1, 0.15) is 0 Å². The minimum absolute atomic E-state index is 0.154. The second-order valence-electron chi connectivity index (χ2n) is 7.64. The average molecular weight is 470 g/mol. The Hall–Kier alpha value is -3.01. The van der Waals surface area contributed by atoms with E-state index in [1.807, 2.05) is 24.3 Å². The minimum Gasteiger partial charge on any atom is -0.402 e. The lowest BCUT2D eigenvalue weighted by Gasteiger charge is -2.26. The van der Waals surface area contributed by atoms with Crippen LogP contribution in [0.5, 0.6) is 0 Å². The second kappa shape index (κ2) is 9.86. The van der Waals surface area contributed by atoms with E-state index in [9.17, 15) is 13.2 Å². The predicted molar refractivity (Wildman–Crippen MR) is 127 cm³/mol. The lowest BCUT2D eigenvalue weighted by molar-refractivity contribution is -0.129. The first-order valence-corrected chi connectivity index (χ1v) is 12.4. The van der Waals surface area contributed by atoms with E-state index in [1.165, 1.54) is 16.4 Å². The van der Waals surface area contributed by atoms with Crippen molar-refractivity contribution in [3.05, 3.63) is 65.4 Å². The minimum atomic E-state index is -3.59. The van der Waals surface area contributed by atoms with Crippen LogP contribution in [0.25, 0.3) is 6.08 Å². The van der Waals surface area contributed by atoms with Gasteiger partial charge in [-0.15, -0.1) is 0 Å². The average Bonchev–Trinajstić information content (AvgIpc) is 3.21. The number of carbonyl (C=O) groups excluding carboxylic acids is 1. The lowest BCUT2D eigenvalue weighted by Crippen LogP contribution is -2.40. The van der Waals surface area contributed by atoms with Crippen LogP contribution in [0.15, 0.2) is 64.1 Å². The summed E-state index contributed by atoms with van der Waals surface area (Å²) >= 11 is 0. The quantitative estimate of drug-likeness (QED) is 0.458. The smallest absolute Gasteiger partial charge is 0.363 e. The zero-order valence-electron chi connectivity index (χ0n) is 18.7. The first-order valence-electron chi connectivity index (χ1n) is 11.0. The van der Waals surface area contributed by atoms with E-state index in [0.29, 0.717) is 31.9 Å². The maximum atomic E-state index is 12.8. The molecule has 2 heterocycles. The van der Waals surface area contributed by atoms with Crippen LogP contribution < -0.4 is 4.90 Å². The van der Waals surface area contributed by atoms with E-state index in [2.05, 4.69) is 23.7 Å². The lowest BCUT2D eigenvalue weighted by atomic mass is 10.1. The van der Waals surface area contributed by atoms with Crippen molar-refractivity contribution in [1.82, 2.24) is 4.31 Å². The number of anilines is 1. The number of aliphatic imine (C=N–C) groups is 1. The number of carbonyl (C=O) groups is 1. The molecule has 33 heavy (non-hydrogen) atoms. The normalized spacial score (nSPS) is 18.3. The van der Waals surface area contributed by atoms with Gasteiger partial charge in [-0.3, -0.25) is 0 Å². The number of benzene rings is 2. The molecule has 0 spiro atoms. The van der Waals surface area contributed by atoms with Gasteiger partial charge in [-0.1, -0.05) is 12.1 Å². The van der Waals surface area contributed by atoms with Crippen molar-refractivity contribution in [2.45, 2.75) is 18.7 Å². The maximum absolute atomic E-state index is 12.8. The Bertz CT molecular complexity index is 1160. The highest BCUT2D eigenvalue weighted by Gasteiger charge is 2.28. The highest BCUT2D eigenvalue weighted by Crippen LogP contribution is 2.23. The van der Waals surface area contributed by atoms with Crippen molar-refractivity contribution < 1.29 is 22.7 Å². The van der Waals surface area contributed by atoms with E-state index < -0.39 is 16.0 Å². The monoisotopic (exact) mass is 469 g/mol. The van der Waals surface area contributed by atoms with Crippen LogP contribution in [0.4, 0.5) is 5.69 Å². The molecule has 8 nitrogen and oxygen atoms in total. The number of esters is 1. The summed E-state index contributed by atoms with van der Waals surface area (Å²) in [6.07, 6.45) is 1.68.